The van der Waals surface area contributed by atoms with Crippen LogP contribution in [0.5, 0.6) is 0 Å². The average Bonchev–Trinajstić information content (AvgIpc) is 2.37. The van der Waals surface area contributed by atoms with Crippen LogP contribution in [0.4, 0.5) is 5.69 Å². The minimum Gasteiger partial charge on any atom is -0.205 e. The van der Waals surface area contributed by atoms with Gasteiger partial charge in [0.2, 0.25) is 5.69 Å². The molecule has 2 heteroatoms. The van der Waals surface area contributed by atoms with E-state index in [1.54, 1.807) is 11.3 Å². The minimum absolute atomic E-state index is 0.969. The van der Waals surface area contributed by atoms with E-state index in [9.17, 15) is 0 Å². The summed E-state index contributed by atoms with van der Waals surface area (Å²) >= 11 is 1.70. The first-order valence-electron chi connectivity index (χ1n) is 2.95. The van der Waals surface area contributed by atoms with Gasteiger partial charge in [0.25, 0.3) is 0 Å². The third kappa shape index (κ3) is 1.39. The van der Waals surface area contributed by atoms with Crippen molar-refractivity contribution in [1.82, 2.24) is 0 Å². The molecule has 0 fully saturated rings. The van der Waals surface area contributed by atoms with Gasteiger partial charge in [0.05, 0.1) is 5.38 Å². The summed E-state index contributed by atoms with van der Waals surface area (Å²) in [4.78, 5) is 0. The maximum absolute atomic E-state index is 3.84. The fourth-order valence-corrected chi connectivity index (χ4v) is 1.28. The molecule has 1 heterocycles. The second-order valence-electron chi connectivity index (χ2n) is 1.84. The lowest BCUT2D eigenvalue weighted by Gasteiger charge is -1.89. The molecular formula is C7H10NS+. The van der Waals surface area contributed by atoms with Crippen molar-refractivity contribution in [2.24, 2.45) is 0 Å². The van der Waals surface area contributed by atoms with Crippen LogP contribution < -0.4 is 0 Å². The first-order valence-corrected chi connectivity index (χ1v) is 3.89. The van der Waals surface area contributed by atoms with Gasteiger partial charge in [-0.1, -0.05) is 0 Å². The van der Waals surface area contributed by atoms with Crippen molar-refractivity contribution >= 4 is 23.7 Å². The Balaban J connectivity index is 2.77. The second-order valence-corrected chi connectivity index (χ2v) is 2.62. The highest BCUT2D eigenvalue weighted by atomic mass is 32.1. The molecular weight excluding hydrogens is 130 g/mol. The van der Waals surface area contributed by atoms with Crippen molar-refractivity contribution in [3.8, 4) is 0 Å². The Morgan fingerprint density at radius 1 is 1.78 bits per heavy atom. The van der Waals surface area contributed by atoms with Gasteiger partial charge in [-0.15, -0.1) is 11.3 Å². The molecule has 0 N–H and O–H groups in total. The van der Waals surface area contributed by atoms with Crippen LogP contribution in [0.3, 0.4) is 0 Å². The molecule has 0 amide bonds. The van der Waals surface area contributed by atoms with E-state index in [1.165, 1.54) is 5.69 Å². The van der Waals surface area contributed by atoms with Gasteiger partial charge in [0, 0.05) is 6.07 Å². The summed E-state index contributed by atoms with van der Waals surface area (Å²) in [6.45, 7) is 6.90. The van der Waals surface area contributed by atoms with Gasteiger partial charge in [-0.3, -0.25) is 0 Å². The number of nitrogens with zero attached hydrogens (tertiary/aromatic N) is 1. The van der Waals surface area contributed by atoms with Crippen LogP contribution in [0.25, 0.3) is 0 Å². The average molecular weight is 140 g/mol. The van der Waals surface area contributed by atoms with Crippen molar-refractivity contribution in [1.29, 1.82) is 0 Å². The highest BCUT2D eigenvalue weighted by molar-refractivity contribution is 7.08. The summed E-state index contributed by atoms with van der Waals surface area (Å²) in [5, 5.41) is 4.15. The Labute approximate surface area is 59.3 Å². The maximum atomic E-state index is 3.84. The zero-order chi connectivity index (χ0) is 6.69. The molecule has 0 aliphatic carbocycles. The zero-order valence-electron chi connectivity index (χ0n) is 5.50. The number of rotatable bonds is 2. The summed E-state index contributed by atoms with van der Waals surface area (Å²) in [5.41, 5.74) is 1.21. The van der Waals surface area contributed by atoms with Crippen molar-refractivity contribution in [3.63, 3.8) is 0 Å². The van der Waals surface area contributed by atoms with Gasteiger partial charge in [-0.05, 0) is 12.3 Å². The lowest BCUT2D eigenvalue weighted by Crippen LogP contribution is -1.98. The number of hydrogen-bond acceptors (Lipinski definition) is 1. The van der Waals surface area contributed by atoms with Gasteiger partial charge in [0.1, 0.15) is 13.3 Å². The van der Waals surface area contributed by atoms with Crippen LogP contribution in [0.1, 0.15) is 6.92 Å². The Morgan fingerprint density at radius 3 is 3.00 bits per heavy atom. The molecule has 0 saturated carbocycles. The SMILES string of the molecule is C=[N+](CC)c1ccsc1. The summed E-state index contributed by atoms with van der Waals surface area (Å²) in [7, 11) is 0. The Morgan fingerprint density at radius 2 is 2.56 bits per heavy atom. The molecule has 48 valence electrons. The van der Waals surface area contributed by atoms with Gasteiger partial charge in [-0.2, -0.15) is 0 Å². The van der Waals surface area contributed by atoms with Gasteiger partial charge in [-0.25, -0.2) is 4.58 Å². The summed E-state index contributed by atoms with van der Waals surface area (Å²) in [6, 6.07) is 2.07. The second kappa shape index (κ2) is 2.78. The molecule has 0 bridgehead atoms. The van der Waals surface area contributed by atoms with Crippen molar-refractivity contribution < 1.29 is 4.58 Å². The molecule has 0 radical (unpaired) electrons. The maximum Gasteiger partial charge on any atom is 0.215 e. The van der Waals surface area contributed by atoms with Crippen LogP contribution in [0, 0.1) is 0 Å². The van der Waals surface area contributed by atoms with Crippen LogP contribution in [-0.2, 0) is 0 Å². The van der Waals surface area contributed by atoms with E-state index in [-0.39, 0.29) is 0 Å². The highest BCUT2D eigenvalue weighted by Crippen LogP contribution is 2.13. The highest BCUT2D eigenvalue weighted by Gasteiger charge is 2.00. The smallest absolute Gasteiger partial charge is 0.205 e. The Hall–Kier alpha value is -0.630. The molecule has 1 aromatic heterocycles. The van der Waals surface area contributed by atoms with Crippen LogP contribution >= 0.6 is 11.3 Å². The fraction of sp³-hybridized carbons (Fsp3) is 0.286. The van der Waals surface area contributed by atoms with E-state index in [4.69, 9.17) is 0 Å². The molecule has 1 nitrogen and oxygen atoms in total. The van der Waals surface area contributed by atoms with Gasteiger partial charge < -0.3 is 0 Å². The van der Waals surface area contributed by atoms with Gasteiger partial charge >= 0.3 is 0 Å². The van der Waals surface area contributed by atoms with Gasteiger partial charge in [0.15, 0.2) is 0 Å². The summed E-state index contributed by atoms with van der Waals surface area (Å²) in [5.74, 6) is 0. The summed E-state index contributed by atoms with van der Waals surface area (Å²) < 4.78 is 1.97. The normalized spacial score (nSPS) is 9.44. The zero-order valence-corrected chi connectivity index (χ0v) is 6.32. The molecule has 0 aliphatic heterocycles. The number of thiophene rings is 1. The van der Waals surface area contributed by atoms with E-state index in [0.29, 0.717) is 0 Å². The standard InChI is InChI=1S/C7H10NS/c1-3-8(2)7-4-5-9-6-7/h4-6H,2-3H2,1H3/q+1. The molecule has 0 spiro atoms. The van der Waals surface area contributed by atoms with Crippen LogP contribution in [0.15, 0.2) is 16.8 Å². The molecule has 1 aromatic rings. The molecule has 9 heavy (non-hydrogen) atoms. The van der Waals surface area contributed by atoms with Crippen molar-refractivity contribution in [3.05, 3.63) is 16.8 Å². The minimum atomic E-state index is 0.969. The Bertz CT molecular complexity index is 189. The third-order valence-electron chi connectivity index (χ3n) is 1.25. The quantitative estimate of drug-likeness (QED) is 0.437. The van der Waals surface area contributed by atoms with E-state index in [2.05, 4.69) is 30.5 Å². The van der Waals surface area contributed by atoms with E-state index in [1.807, 2.05) is 4.58 Å². The topological polar surface area (TPSA) is 3.01 Å². The van der Waals surface area contributed by atoms with Crippen molar-refractivity contribution in [2.45, 2.75) is 6.92 Å². The molecule has 0 saturated heterocycles. The monoisotopic (exact) mass is 140 g/mol. The largest absolute Gasteiger partial charge is 0.215 e. The first kappa shape index (κ1) is 6.49. The lowest BCUT2D eigenvalue weighted by molar-refractivity contribution is -0.426. The Kier molecular flexibility index (Phi) is 2.01. The lowest BCUT2D eigenvalue weighted by atomic mass is 10.5. The van der Waals surface area contributed by atoms with E-state index >= 15 is 0 Å². The summed E-state index contributed by atoms with van der Waals surface area (Å²) in [6.07, 6.45) is 0. The molecule has 0 aliphatic rings. The molecule has 0 aromatic carbocycles. The predicted octanol–water partition coefficient (Wildman–Crippen LogP) is 2.11. The van der Waals surface area contributed by atoms with Crippen LogP contribution in [0.2, 0.25) is 0 Å². The van der Waals surface area contributed by atoms with E-state index in [0.717, 1.165) is 6.54 Å². The fourth-order valence-electron chi connectivity index (χ4n) is 0.620. The van der Waals surface area contributed by atoms with Crippen molar-refractivity contribution in [2.75, 3.05) is 6.54 Å². The molecule has 0 unspecified atom stereocenters. The van der Waals surface area contributed by atoms with Crippen LogP contribution in [-0.4, -0.2) is 17.8 Å². The first-order chi connectivity index (χ1) is 4.34. The molecule has 1 rings (SSSR count). The number of hydrogen-bond donors (Lipinski definition) is 0. The third-order valence-corrected chi connectivity index (χ3v) is 1.92. The molecule has 0 atom stereocenters. The predicted molar refractivity (Wildman–Crippen MR) is 41.9 cm³/mol. The van der Waals surface area contributed by atoms with E-state index < -0.39 is 0 Å².